The Morgan fingerprint density at radius 3 is 2.29 bits per heavy atom. The van der Waals surface area contributed by atoms with Gasteiger partial charge in [-0.15, -0.1) is 0 Å². The predicted octanol–water partition coefficient (Wildman–Crippen LogP) is 5.23. The molecule has 2 N–H and O–H groups in total. The number of benzene rings is 3. The van der Waals surface area contributed by atoms with Crippen LogP contribution in [0.1, 0.15) is 21.6 Å². The molecule has 0 atom stereocenters. The maximum Gasteiger partial charge on any atom is 0.228 e. The number of aromatic amines is 1. The first kappa shape index (κ1) is 18.0. The van der Waals surface area contributed by atoms with Crippen molar-refractivity contribution in [3.63, 3.8) is 0 Å². The minimum absolute atomic E-state index is 0.191. The Labute approximate surface area is 167 Å². The van der Waals surface area contributed by atoms with Crippen molar-refractivity contribution in [3.05, 3.63) is 101 Å². The van der Waals surface area contributed by atoms with Gasteiger partial charge in [0.25, 0.3) is 0 Å². The summed E-state index contributed by atoms with van der Waals surface area (Å²) in [4.78, 5) is 28.8. The number of hydrogen-bond acceptors (Lipinski definition) is 2. The highest BCUT2D eigenvalue weighted by Crippen LogP contribution is 2.31. The van der Waals surface area contributed by atoms with Crippen LogP contribution in [0.25, 0.3) is 10.9 Å². The van der Waals surface area contributed by atoms with Crippen LogP contribution >= 0.6 is 11.6 Å². The summed E-state index contributed by atoms with van der Waals surface area (Å²) in [5.74, 6) is -0.382. The van der Waals surface area contributed by atoms with Crippen LogP contribution in [0.5, 0.6) is 0 Å². The Morgan fingerprint density at radius 2 is 1.57 bits per heavy atom. The molecule has 0 saturated heterocycles. The highest BCUT2D eigenvalue weighted by Gasteiger charge is 2.21. The zero-order chi connectivity index (χ0) is 19.5. The van der Waals surface area contributed by atoms with E-state index in [1.165, 1.54) is 0 Å². The number of carbonyl (C=O) groups is 2. The van der Waals surface area contributed by atoms with Crippen LogP contribution in [0.2, 0.25) is 5.02 Å². The summed E-state index contributed by atoms with van der Waals surface area (Å²) >= 11 is 6.10. The van der Waals surface area contributed by atoms with E-state index in [0.717, 1.165) is 10.9 Å². The fourth-order valence-corrected chi connectivity index (χ4v) is 3.34. The number of nitrogens with one attached hydrogen (secondary N) is 2. The molecule has 0 fully saturated rings. The van der Waals surface area contributed by atoms with Gasteiger partial charge in [-0.2, -0.15) is 0 Å². The van der Waals surface area contributed by atoms with Gasteiger partial charge in [0.15, 0.2) is 0 Å². The molecule has 3 aromatic carbocycles. The first-order valence-corrected chi connectivity index (χ1v) is 9.24. The predicted molar refractivity (Wildman–Crippen MR) is 112 cm³/mol. The number of ketones is 1. The van der Waals surface area contributed by atoms with E-state index in [1.807, 2.05) is 36.4 Å². The quantitative estimate of drug-likeness (QED) is 0.459. The van der Waals surface area contributed by atoms with Crippen molar-refractivity contribution in [1.82, 2.24) is 4.98 Å². The van der Waals surface area contributed by atoms with E-state index in [-0.39, 0.29) is 18.1 Å². The number of fused-ring (bicyclic) bond motifs is 1. The molecule has 138 valence electrons. The van der Waals surface area contributed by atoms with Crippen molar-refractivity contribution in [2.45, 2.75) is 6.42 Å². The summed E-state index contributed by atoms with van der Waals surface area (Å²) in [7, 11) is 0. The topological polar surface area (TPSA) is 62.0 Å². The third-order valence-electron chi connectivity index (χ3n) is 4.50. The second-order valence-corrected chi connectivity index (χ2v) is 6.91. The van der Waals surface area contributed by atoms with Crippen LogP contribution in [0.15, 0.2) is 78.9 Å². The van der Waals surface area contributed by atoms with Crippen molar-refractivity contribution < 1.29 is 9.59 Å². The van der Waals surface area contributed by atoms with Crippen molar-refractivity contribution >= 4 is 39.9 Å². The highest BCUT2D eigenvalue weighted by atomic mass is 35.5. The Balaban J connectivity index is 1.73. The van der Waals surface area contributed by atoms with E-state index in [1.54, 1.807) is 42.5 Å². The molecule has 0 saturated carbocycles. The lowest BCUT2D eigenvalue weighted by Gasteiger charge is -2.08. The lowest BCUT2D eigenvalue weighted by molar-refractivity contribution is -0.115. The number of H-pyrrole nitrogens is 1. The maximum atomic E-state index is 13.0. The Hall–Kier alpha value is -3.37. The fraction of sp³-hybridized carbons (Fsp3) is 0.0435. The molecular formula is C23H17ClN2O2. The molecule has 4 nitrogen and oxygen atoms in total. The lowest BCUT2D eigenvalue weighted by Crippen LogP contribution is -2.16. The van der Waals surface area contributed by atoms with Crippen molar-refractivity contribution in [2.75, 3.05) is 5.32 Å². The van der Waals surface area contributed by atoms with Crippen LogP contribution in [-0.2, 0) is 11.2 Å². The number of anilines is 1. The second-order valence-electron chi connectivity index (χ2n) is 6.47. The van der Waals surface area contributed by atoms with E-state index in [0.29, 0.717) is 27.5 Å². The van der Waals surface area contributed by atoms with Crippen molar-refractivity contribution in [1.29, 1.82) is 0 Å². The van der Waals surface area contributed by atoms with Crippen molar-refractivity contribution in [3.8, 4) is 0 Å². The molecule has 0 aliphatic carbocycles. The average Bonchev–Trinajstić information content (AvgIpc) is 3.06. The van der Waals surface area contributed by atoms with Crippen LogP contribution in [-0.4, -0.2) is 16.7 Å². The normalized spacial score (nSPS) is 10.8. The van der Waals surface area contributed by atoms with Gasteiger partial charge in [-0.25, -0.2) is 0 Å². The number of carbonyl (C=O) groups excluding carboxylic acids is 2. The van der Waals surface area contributed by atoms with Crippen LogP contribution < -0.4 is 5.32 Å². The molecule has 0 spiro atoms. The standard InChI is InChI=1S/C23H17ClN2O2/c24-17-11-12-18-19(14-17)25-22(23(28)16-9-5-2-6-10-16)21(18)26-20(27)13-15-7-3-1-4-8-15/h1-12,14,25H,13H2,(H,26,27). The molecule has 0 aliphatic rings. The first-order chi connectivity index (χ1) is 13.6. The molecule has 1 heterocycles. The van der Waals surface area contributed by atoms with E-state index < -0.39 is 0 Å². The van der Waals surface area contributed by atoms with Gasteiger partial charge in [-0.1, -0.05) is 72.3 Å². The van der Waals surface area contributed by atoms with Gasteiger partial charge in [-0.05, 0) is 23.8 Å². The summed E-state index contributed by atoms with van der Waals surface area (Å²) in [6, 6.07) is 23.7. The molecule has 28 heavy (non-hydrogen) atoms. The number of halogens is 1. The Kier molecular flexibility index (Phi) is 4.96. The SMILES string of the molecule is O=C(Cc1ccccc1)Nc1c(C(=O)c2ccccc2)[nH]c2cc(Cl)ccc12. The van der Waals surface area contributed by atoms with Gasteiger partial charge in [0.2, 0.25) is 11.7 Å². The third kappa shape index (κ3) is 3.68. The Bertz CT molecular complexity index is 1150. The molecule has 1 aromatic heterocycles. The zero-order valence-corrected chi connectivity index (χ0v) is 15.7. The summed E-state index contributed by atoms with van der Waals surface area (Å²) in [6.45, 7) is 0. The van der Waals surface area contributed by atoms with Crippen LogP contribution in [0.4, 0.5) is 5.69 Å². The summed E-state index contributed by atoms with van der Waals surface area (Å²) in [6.07, 6.45) is 0.222. The van der Waals surface area contributed by atoms with E-state index >= 15 is 0 Å². The van der Waals surface area contributed by atoms with Gasteiger partial charge in [-0.3, -0.25) is 9.59 Å². The lowest BCUT2D eigenvalue weighted by atomic mass is 10.1. The highest BCUT2D eigenvalue weighted by molar-refractivity contribution is 6.31. The average molecular weight is 389 g/mol. The van der Waals surface area contributed by atoms with Crippen LogP contribution in [0.3, 0.4) is 0 Å². The molecule has 5 heteroatoms. The van der Waals surface area contributed by atoms with Gasteiger partial charge < -0.3 is 10.3 Å². The largest absolute Gasteiger partial charge is 0.350 e. The number of hydrogen-bond donors (Lipinski definition) is 2. The van der Waals surface area contributed by atoms with Crippen LogP contribution in [0, 0.1) is 0 Å². The molecular weight excluding hydrogens is 372 g/mol. The maximum absolute atomic E-state index is 13.0. The minimum Gasteiger partial charge on any atom is -0.350 e. The number of rotatable bonds is 5. The number of amides is 1. The monoisotopic (exact) mass is 388 g/mol. The van der Waals surface area contributed by atoms with Crippen molar-refractivity contribution in [2.24, 2.45) is 0 Å². The summed E-state index contributed by atoms with van der Waals surface area (Å²) in [5.41, 5.74) is 2.95. The minimum atomic E-state index is -0.192. The number of aromatic nitrogens is 1. The fourth-order valence-electron chi connectivity index (χ4n) is 3.17. The van der Waals surface area contributed by atoms with E-state index in [9.17, 15) is 9.59 Å². The van der Waals surface area contributed by atoms with Gasteiger partial charge in [0.1, 0.15) is 5.69 Å². The van der Waals surface area contributed by atoms with Gasteiger partial charge in [0.05, 0.1) is 12.1 Å². The third-order valence-corrected chi connectivity index (χ3v) is 4.73. The summed E-state index contributed by atoms with van der Waals surface area (Å²) < 4.78 is 0. The molecule has 0 radical (unpaired) electrons. The molecule has 0 aliphatic heterocycles. The smallest absolute Gasteiger partial charge is 0.228 e. The molecule has 4 aromatic rings. The molecule has 1 amide bonds. The first-order valence-electron chi connectivity index (χ1n) is 8.86. The zero-order valence-electron chi connectivity index (χ0n) is 14.9. The Morgan fingerprint density at radius 1 is 0.893 bits per heavy atom. The molecule has 4 rings (SSSR count). The second kappa shape index (κ2) is 7.71. The summed E-state index contributed by atoms with van der Waals surface area (Å²) in [5, 5.41) is 4.21. The van der Waals surface area contributed by atoms with Gasteiger partial charge in [0, 0.05) is 21.5 Å². The van der Waals surface area contributed by atoms with E-state index in [4.69, 9.17) is 11.6 Å². The molecule has 0 bridgehead atoms. The van der Waals surface area contributed by atoms with Gasteiger partial charge >= 0.3 is 0 Å². The molecule has 0 unspecified atom stereocenters. The van der Waals surface area contributed by atoms with E-state index in [2.05, 4.69) is 10.3 Å².